The third-order valence-corrected chi connectivity index (χ3v) is 10.1. The predicted molar refractivity (Wildman–Crippen MR) is 238 cm³/mol. The number of unbranched alkanes of at least 4 members (excludes halogenated alkanes) is 14. The number of hydrogen-bond acceptors (Lipinski definition) is 10. The van der Waals surface area contributed by atoms with E-state index in [0.717, 1.165) is 77.0 Å². The van der Waals surface area contributed by atoms with E-state index in [1.54, 1.807) is 0 Å². The van der Waals surface area contributed by atoms with Crippen LogP contribution in [0.25, 0.3) is 0 Å². The fraction of sp³-hybridized carbons (Fsp3) is 0.714. The summed E-state index contributed by atoms with van der Waals surface area (Å²) in [5, 5.41) is 40.1. The van der Waals surface area contributed by atoms with Crippen molar-refractivity contribution in [2.24, 2.45) is 0 Å². The van der Waals surface area contributed by atoms with Crippen molar-refractivity contribution in [2.45, 2.75) is 205 Å². The first-order chi connectivity index (χ1) is 28.8. The molecule has 1 saturated heterocycles. The van der Waals surface area contributed by atoms with E-state index in [-0.39, 0.29) is 26.1 Å². The Labute approximate surface area is 357 Å². The number of carbonyl (C=O) groups is 2. The van der Waals surface area contributed by atoms with Gasteiger partial charge in [-0.15, -0.1) is 0 Å². The van der Waals surface area contributed by atoms with Gasteiger partial charge in [0.1, 0.15) is 31.0 Å². The molecule has 1 aliphatic heterocycles. The second-order valence-electron chi connectivity index (χ2n) is 15.5. The molecule has 0 aliphatic carbocycles. The highest BCUT2D eigenvalue weighted by atomic mass is 16.7. The first-order valence-electron chi connectivity index (χ1n) is 23.0. The van der Waals surface area contributed by atoms with E-state index in [4.69, 9.17) is 18.9 Å². The molecule has 338 valence electrons. The van der Waals surface area contributed by atoms with Crippen LogP contribution in [0.15, 0.2) is 72.9 Å². The number of carbonyl (C=O) groups excluding carboxylic acids is 2. The highest BCUT2D eigenvalue weighted by Gasteiger charge is 2.44. The molecule has 10 heteroatoms. The average Bonchev–Trinajstić information content (AvgIpc) is 3.23. The molecule has 1 heterocycles. The van der Waals surface area contributed by atoms with E-state index in [0.29, 0.717) is 12.8 Å². The molecular formula is C49H82O10. The first-order valence-corrected chi connectivity index (χ1v) is 23.0. The minimum absolute atomic E-state index is 0.199. The van der Waals surface area contributed by atoms with E-state index in [2.05, 4.69) is 86.8 Å². The van der Waals surface area contributed by atoms with Crippen LogP contribution in [0.2, 0.25) is 0 Å². The summed E-state index contributed by atoms with van der Waals surface area (Å²) in [6.07, 6.45) is 41.9. The minimum atomic E-state index is -1.61. The SMILES string of the molecule is CC/C=C/C/C=C/C/C=C/C/C=C/C/C=C/CCCCCC(=O)OC[C@@H](CO[C@H]1O[C@@H](CO)[C@@H](O)C(O)C1O)OC(=O)CCCCC/C=C/CCCCCCCCCC. The number of rotatable bonds is 37. The van der Waals surface area contributed by atoms with Gasteiger partial charge >= 0.3 is 11.9 Å². The Morgan fingerprint density at radius 1 is 0.542 bits per heavy atom. The second kappa shape index (κ2) is 39.3. The average molecular weight is 831 g/mol. The molecular weight excluding hydrogens is 749 g/mol. The summed E-state index contributed by atoms with van der Waals surface area (Å²) in [5.41, 5.74) is 0. The van der Waals surface area contributed by atoms with Crippen molar-refractivity contribution < 1.29 is 49.0 Å². The summed E-state index contributed by atoms with van der Waals surface area (Å²) < 4.78 is 22.1. The molecule has 59 heavy (non-hydrogen) atoms. The molecule has 0 saturated carbocycles. The normalized spacial score (nSPS) is 20.7. The number of esters is 2. The monoisotopic (exact) mass is 831 g/mol. The van der Waals surface area contributed by atoms with E-state index in [1.165, 1.54) is 51.4 Å². The number of ether oxygens (including phenoxy) is 4. The summed E-state index contributed by atoms with van der Waals surface area (Å²) in [5.74, 6) is -0.868. The van der Waals surface area contributed by atoms with Gasteiger partial charge in [-0.25, -0.2) is 0 Å². The number of hydrogen-bond donors (Lipinski definition) is 4. The van der Waals surface area contributed by atoms with Crippen molar-refractivity contribution in [1.82, 2.24) is 0 Å². The summed E-state index contributed by atoms with van der Waals surface area (Å²) >= 11 is 0. The molecule has 1 rings (SSSR count). The van der Waals surface area contributed by atoms with Gasteiger partial charge in [0.2, 0.25) is 0 Å². The Morgan fingerprint density at radius 2 is 1.00 bits per heavy atom. The van der Waals surface area contributed by atoms with Gasteiger partial charge in [0.15, 0.2) is 12.4 Å². The van der Waals surface area contributed by atoms with Crippen molar-refractivity contribution in [2.75, 3.05) is 19.8 Å². The lowest BCUT2D eigenvalue weighted by atomic mass is 9.99. The van der Waals surface area contributed by atoms with Crippen LogP contribution in [0.5, 0.6) is 0 Å². The van der Waals surface area contributed by atoms with Crippen molar-refractivity contribution >= 4 is 11.9 Å². The standard InChI is InChI=1S/C49H82O10/c1-3-5-7-9-11-13-15-17-19-20-21-22-24-25-27-29-31-33-35-37-44(51)56-40-42(41-57-49-48(55)47(54)46(53)43(39-50)59-49)58-45(52)38-36-34-32-30-28-26-23-18-16-14-12-10-8-6-4-2/h5,7,11,13,17,19,21-22,25-28,42-43,46-50,53-55H,3-4,6,8-10,12,14-16,18,20,23-24,29-41H2,1-2H3/b7-5+,13-11+,19-17+,22-21+,27-25+,28-26+/t42-,43-,46+,47?,48?,49-/m0/s1. The maximum absolute atomic E-state index is 12.8. The fourth-order valence-electron chi connectivity index (χ4n) is 6.44. The largest absolute Gasteiger partial charge is 0.462 e. The zero-order valence-corrected chi connectivity index (χ0v) is 36.7. The van der Waals surface area contributed by atoms with E-state index in [9.17, 15) is 30.0 Å². The van der Waals surface area contributed by atoms with Gasteiger partial charge in [-0.1, -0.05) is 145 Å². The van der Waals surface area contributed by atoms with Crippen LogP contribution in [0.1, 0.15) is 168 Å². The summed E-state index contributed by atoms with van der Waals surface area (Å²) in [6, 6.07) is 0. The van der Waals surface area contributed by atoms with Crippen LogP contribution in [-0.2, 0) is 28.5 Å². The number of allylic oxidation sites excluding steroid dienone is 12. The summed E-state index contributed by atoms with van der Waals surface area (Å²) in [6.45, 7) is 3.25. The Hall–Kier alpha value is -2.86. The van der Waals surface area contributed by atoms with E-state index in [1.807, 2.05) is 0 Å². The lowest BCUT2D eigenvalue weighted by Gasteiger charge is -2.39. The smallest absolute Gasteiger partial charge is 0.306 e. The van der Waals surface area contributed by atoms with Crippen LogP contribution < -0.4 is 0 Å². The Bertz CT molecular complexity index is 1190. The molecule has 6 atom stereocenters. The highest BCUT2D eigenvalue weighted by molar-refractivity contribution is 5.70. The quantitative estimate of drug-likeness (QED) is 0.0271. The van der Waals surface area contributed by atoms with Gasteiger partial charge in [-0.3, -0.25) is 9.59 Å². The second-order valence-corrected chi connectivity index (χ2v) is 15.5. The minimum Gasteiger partial charge on any atom is -0.462 e. The van der Waals surface area contributed by atoms with E-state index < -0.39 is 55.4 Å². The Morgan fingerprint density at radius 3 is 1.53 bits per heavy atom. The van der Waals surface area contributed by atoms with Crippen LogP contribution >= 0.6 is 0 Å². The molecule has 1 aliphatic rings. The maximum Gasteiger partial charge on any atom is 0.306 e. The highest BCUT2D eigenvalue weighted by Crippen LogP contribution is 2.22. The molecule has 1 fully saturated rings. The van der Waals surface area contributed by atoms with Crippen LogP contribution in [0.3, 0.4) is 0 Å². The Balaban J connectivity index is 2.36. The lowest BCUT2D eigenvalue weighted by Crippen LogP contribution is -2.59. The molecule has 0 spiro atoms. The molecule has 0 radical (unpaired) electrons. The summed E-state index contributed by atoms with van der Waals surface area (Å²) in [4.78, 5) is 25.3. The van der Waals surface area contributed by atoms with Crippen LogP contribution in [-0.4, -0.2) is 89.0 Å². The molecule has 0 amide bonds. The molecule has 2 unspecified atom stereocenters. The number of aliphatic hydroxyl groups is 4. The summed E-state index contributed by atoms with van der Waals surface area (Å²) in [7, 11) is 0. The molecule has 0 aromatic heterocycles. The van der Waals surface area contributed by atoms with Crippen molar-refractivity contribution in [3.63, 3.8) is 0 Å². The molecule has 10 nitrogen and oxygen atoms in total. The van der Waals surface area contributed by atoms with Gasteiger partial charge in [0.25, 0.3) is 0 Å². The van der Waals surface area contributed by atoms with Crippen molar-refractivity contribution in [1.29, 1.82) is 0 Å². The Kier molecular flexibility index (Phi) is 36.1. The zero-order chi connectivity index (χ0) is 43.0. The number of aliphatic hydroxyl groups excluding tert-OH is 4. The third-order valence-electron chi connectivity index (χ3n) is 10.1. The van der Waals surface area contributed by atoms with Gasteiger partial charge in [-0.2, -0.15) is 0 Å². The topological polar surface area (TPSA) is 152 Å². The molecule has 0 aromatic rings. The van der Waals surface area contributed by atoms with Gasteiger partial charge in [0.05, 0.1) is 13.2 Å². The maximum atomic E-state index is 12.8. The predicted octanol–water partition coefficient (Wildman–Crippen LogP) is 10.00. The molecule has 4 N–H and O–H groups in total. The lowest BCUT2D eigenvalue weighted by molar-refractivity contribution is -0.305. The molecule has 0 bridgehead atoms. The zero-order valence-electron chi connectivity index (χ0n) is 36.7. The van der Waals surface area contributed by atoms with Gasteiger partial charge < -0.3 is 39.4 Å². The van der Waals surface area contributed by atoms with Crippen molar-refractivity contribution in [3.8, 4) is 0 Å². The van der Waals surface area contributed by atoms with Gasteiger partial charge in [0, 0.05) is 12.8 Å². The van der Waals surface area contributed by atoms with Crippen molar-refractivity contribution in [3.05, 3.63) is 72.9 Å². The van der Waals surface area contributed by atoms with Crippen LogP contribution in [0, 0.1) is 0 Å². The van der Waals surface area contributed by atoms with Gasteiger partial charge in [-0.05, 0) is 83.5 Å². The third kappa shape index (κ3) is 30.8. The fourth-order valence-corrected chi connectivity index (χ4v) is 6.44. The van der Waals surface area contributed by atoms with Crippen LogP contribution in [0.4, 0.5) is 0 Å². The molecule has 0 aromatic carbocycles. The van der Waals surface area contributed by atoms with E-state index >= 15 is 0 Å². The first kappa shape index (κ1) is 54.2.